The van der Waals surface area contributed by atoms with Gasteiger partial charge in [0.25, 0.3) is 0 Å². The van der Waals surface area contributed by atoms with Crippen molar-refractivity contribution in [3.05, 3.63) is 33.8 Å². The largest absolute Gasteiger partial charge is 0.453 e. The second-order valence-corrected chi connectivity index (χ2v) is 8.06. The van der Waals surface area contributed by atoms with Crippen LogP contribution in [0.15, 0.2) is 18.2 Å². The smallest absolute Gasteiger partial charge is 0.409 e. The molecule has 2 aliphatic heterocycles. The number of halogens is 2. The molecule has 3 rings (SSSR count). The molecule has 148 valence electrons. The number of hydrogen-bond donors (Lipinski definition) is 1. The number of piperazine rings is 1. The van der Waals surface area contributed by atoms with E-state index >= 15 is 0 Å². The van der Waals surface area contributed by atoms with Crippen molar-refractivity contribution in [2.24, 2.45) is 0 Å². The summed E-state index contributed by atoms with van der Waals surface area (Å²) in [7, 11) is 1.39. The van der Waals surface area contributed by atoms with Crippen LogP contribution in [0.4, 0.5) is 4.79 Å². The van der Waals surface area contributed by atoms with E-state index in [9.17, 15) is 9.59 Å². The maximum absolute atomic E-state index is 13.0. The van der Waals surface area contributed by atoms with Crippen LogP contribution in [0.1, 0.15) is 18.4 Å². The zero-order chi connectivity index (χ0) is 19.4. The highest BCUT2D eigenvalue weighted by molar-refractivity contribution is 6.42. The second-order valence-electron chi connectivity index (χ2n) is 7.24. The summed E-state index contributed by atoms with van der Waals surface area (Å²) in [6, 6.07) is 5.29. The van der Waals surface area contributed by atoms with Crippen LogP contribution in [0.5, 0.6) is 0 Å². The summed E-state index contributed by atoms with van der Waals surface area (Å²) < 4.78 is 4.87. The number of methoxy groups -OCH3 is 1. The van der Waals surface area contributed by atoms with Gasteiger partial charge in [0, 0.05) is 32.5 Å². The van der Waals surface area contributed by atoms with E-state index in [2.05, 4.69) is 0 Å². The van der Waals surface area contributed by atoms with E-state index in [0.717, 1.165) is 25.2 Å². The quantitative estimate of drug-likeness (QED) is 0.811. The second kappa shape index (κ2) is 9.13. The zero-order valence-corrected chi connectivity index (χ0v) is 17.1. The minimum atomic E-state index is -0.326. The third kappa shape index (κ3) is 5.06. The van der Waals surface area contributed by atoms with Gasteiger partial charge in [-0.05, 0) is 17.7 Å². The number of amides is 2. The van der Waals surface area contributed by atoms with Crippen molar-refractivity contribution in [2.45, 2.75) is 25.3 Å². The summed E-state index contributed by atoms with van der Waals surface area (Å²) >= 11 is 12.0. The van der Waals surface area contributed by atoms with Gasteiger partial charge < -0.3 is 19.4 Å². The highest BCUT2D eigenvalue weighted by atomic mass is 35.5. The number of rotatable bonds is 4. The maximum Gasteiger partial charge on any atom is 0.409 e. The molecule has 2 heterocycles. The molecule has 0 unspecified atom stereocenters. The van der Waals surface area contributed by atoms with E-state index in [0.29, 0.717) is 29.7 Å². The zero-order valence-electron chi connectivity index (χ0n) is 15.5. The van der Waals surface area contributed by atoms with Crippen LogP contribution < -0.4 is 4.90 Å². The van der Waals surface area contributed by atoms with Crippen LogP contribution in [0.25, 0.3) is 0 Å². The Morgan fingerprint density at radius 3 is 2.59 bits per heavy atom. The number of quaternary nitrogens is 1. The van der Waals surface area contributed by atoms with Gasteiger partial charge in [-0.3, -0.25) is 4.79 Å². The third-order valence-corrected chi connectivity index (χ3v) is 6.15. The number of carbonyl (C=O) groups excluding carboxylic acids is 2. The molecule has 0 saturated carbocycles. The summed E-state index contributed by atoms with van der Waals surface area (Å²) in [5.41, 5.74) is 0.845. The number of likely N-dealkylation sites (tertiary alicyclic amines) is 1. The molecule has 6 nitrogen and oxygen atoms in total. The Bertz CT molecular complexity index is 695. The van der Waals surface area contributed by atoms with E-state index in [4.69, 9.17) is 27.9 Å². The molecule has 1 aromatic rings. The normalized spacial score (nSPS) is 20.8. The van der Waals surface area contributed by atoms with Crippen LogP contribution in [0, 0.1) is 0 Å². The molecule has 0 bridgehead atoms. The molecule has 0 aliphatic carbocycles. The van der Waals surface area contributed by atoms with Crippen molar-refractivity contribution < 1.29 is 19.2 Å². The van der Waals surface area contributed by atoms with Gasteiger partial charge >= 0.3 is 6.09 Å². The van der Waals surface area contributed by atoms with Gasteiger partial charge in [-0.1, -0.05) is 29.3 Å². The van der Waals surface area contributed by atoms with Crippen LogP contribution in [-0.4, -0.2) is 74.2 Å². The molecule has 8 heteroatoms. The fourth-order valence-corrected chi connectivity index (χ4v) is 4.31. The molecule has 1 atom stereocenters. The lowest BCUT2D eigenvalue weighted by Crippen LogP contribution is -3.11. The highest BCUT2D eigenvalue weighted by Crippen LogP contribution is 2.23. The Kier molecular flexibility index (Phi) is 6.84. The molecule has 0 spiro atoms. The van der Waals surface area contributed by atoms with Crippen molar-refractivity contribution in [1.82, 2.24) is 9.80 Å². The molecule has 27 heavy (non-hydrogen) atoms. The lowest BCUT2D eigenvalue weighted by Gasteiger charge is -2.41. The van der Waals surface area contributed by atoms with Crippen LogP contribution >= 0.6 is 23.2 Å². The Morgan fingerprint density at radius 2 is 1.93 bits per heavy atom. The van der Waals surface area contributed by atoms with Crippen LogP contribution in [0.2, 0.25) is 10.0 Å². The molecule has 0 radical (unpaired) electrons. The molecular weight excluding hydrogens is 389 g/mol. The lowest BCUT2D eigenvalue weighted by molar-refractivity contribution is -0.889. The van der Waals surface area contributed by atoms with Gasteiger partial charge in [-0.15, -0.1) is 0 Å². The van der Waals surface area contributed by atoms with Gasteiger partial charge in [-0.25, -0.2) is 4.79 Å². The van der Waals surface area contributed by atoms with Gasteiger partial charge in [-0.2, -0.15) is 0 Å². The Hall–Kier alpha value is -1.50. The van der Waals surface area contributed by atoms with Gasteiger partial charge in [0.2, 0.25) is 5.91 Å². The number of nitrogens with zero attached hydrogens (tertiary/aromatic N) is 2. The highest BCUT2D eigenvalue weighted by Gasteiger charge is 2.35. The predicted octanol–water partition coefficient (Wildman–Crippen LogP) is 1.49. The summed E-state index contributed by atoms with van der Waals surface area (Å²) in [5.74, 6) is 0.0569. The molecule has 1 aromatic carbocycles. The first kappa shape index (κ1) is 20.2. The molecular formula is C19H26Cl2N3O3+. The predicted molar refractivity (Wildman–Crippen MR) is 104 cm³/mol. The molecule has 1 N–H and O–H groups in total. The van der Waals surface area contributed by atoms with E-state index in [-0.39, 0.29) is 24.5 Å². The first-order chi connectivity index (χ1) is 13.0. The van der Waals surface area contributed by atoms with Crippen molar-refractivity contribution in [1.29, 1.82) is 0 Å². The third-order valence-electron chi connectivity index (χ3n) is 5.41. The average molecular weight is 415 g/mol. The number of carbonyl (C=O) groups is 2. The van der Waals surface area contributed by atoms with E-state index in [1.807, 2.05) is 11.0 Å². The molecule has 2 saturated heterocycles. The Labute approximate surface area is 169 Å². The van der Waals surface area contributed by atoms with Crippen LogP contribution in [0.3, 0.4) is 0 Å². The van der Waals surface area contributed by atoms with Crippen molar-refractivity contribution in [2.75, 3.05) is 46.4 Å². The van der Waals surface area contributed by atoms with Gasteiger partial charge in [0.1, 0.15) is 0 Å². The summed E-state index contributed by atoms with van der Waals surface area (Å²) in [6.45, 7) is 4.65. The number of nitrogens with one attached hydrogen (secondary N) is 1. The number of hydrogen-bond acceptors (Lipinski definition) is 3. The van der Waals surface area contributed by atoms with Crippen molar-refractivity contribution >= 4 is 35.2 Å². The lowest BCUT2D eigenvalue weighted by atomic mass is 10.1. The first-order valence-electron chi connectivity index (χ1n) is 9.37. The number of benzene rings is 1. The van der Waals surface area contributed by atoms with E-state index in [1.54, 1.807) is 17.0 Å². The molecule has 2 aliphatic rings. The maximum atomic E-state index is 13.0. The number of ether oxygens (including phenoxy) is 1. The van der Waals surface area contributed by atoms with Gasteiger partial charge in [0.15, 0.2) is 0 Å². The van der Waals surface area contributed by atoms with Crippen molar-refractivity contribution in [3.63, 3.8) is 0 Å². The van der Waals surface area contributed by atoms with Crippen molar-refractivity contribution in [3.8, 4) is 0 Å². The molecule has 0 aromatic heterocycles. The fraction of sp³-hybridized carbons (Fsp3) is 0.579. The standard InChI is InChI=1S/C19H25Cl2N3O3/c1-27-19(26)23-8-9-24(15(13-23)12-22-6-2-3-7-22)18(25)11-14-4-5-16(20)17(21)10-14/h4-5,10,15H,2-3,6-9,11-13H2,1H3/p+1/t15-/m0/s1. The van der Waals surface area contributed by atoms with Crippen LogP contribution in [-0.2, 0) is 16.0 Å². The SMILES string of the molecule is COC(=O)N1CCN(C(=O)Cc2ccc(Cl)c(Cl)c2)[C@@H](C[NH+]2CCCC2)C1. The summed E-state index contributed by atoms with van der Waals surface area (Å²) in [5, 5.41) is 0.936. The fourth-order valence-electron chi connectivity index (χ4n) is 3.99. The van der Waals surface area contributed by atoms with E-state index < -0.39 is 0 Å². The summed E-state index contributed by atoms with van der Waals surface area (Å²) in [6.07, 6.45) is 2.40. The topological polar surface area (TPSA) is 54.3 Å². The summed E-state index contributed by atoms with van der Waals surface area (Å²) in [4.78, 5) is 30.1. The van der Waals surface area contributed by atoms with Gasteiger partial charge in [0.05, 0.1) is 49.3 Å². The minimum absolute atomic E-state index is 0.00113. The van der Waals surface area contributed by atoms with E-state index in [1.165, 1.54) is 24.9 Å². The monoisotopic (exact) mass is 414 g/mol. The molecule has 2 amide bonds. The Balaban J connectivity index is 1.70. The Morgan fingerprint density at radius 1 is 1.19 bits per heavy atom. The molecule has 2 fully saturated rings. The first-order valence-corrected chi connectivity index (χ1v) is 10.1. The minimum Gasteiger partial charge on any atom is -0.453 e. The average Bonchev–Trinajstić information content (AvgIpc) is 3.17.